The van der Waals surface area contributed by atoms with Crippen molar-refractivity contribution in [1.82, 2.24) is 14.5 Å². The third-order valence-corrected chi connectivity index (χ3v) is 4.51. The van der Waals surface area contributed by atoms with E-state index in [4.69, 9.17) is 0 Å². The highest BCUT2D eigenvalue weighted by Crippen LogP contribution is 2.35. The predicted octanol–water partition coefficient (Wildman–Crippen LogP) is 2.71. The van der Waals surface area contributed by atoms with Crippen molar-refractivity contribution in [3.05, 3.63) is 23.9 Å². The fourth-order valence-electron chi connectivity index (χ4n) is 3.46. The van der Waals surface area contributed by atoms with Gasteiger partial charge in [-0.25, -0.2) is 4.98 Å². The van der Waals surface area contributed by atoms with Crippen LogP contribution in [0.4, 0.5) is 0 Å². The van der Waals surface area contributed by atoms with Crippen LogP contribution in [-0.2, 0) is 6.54 Å². The minimum Gasteiger partial charge on any atom is -0.345 e. The average Bonchev–Trinajstić information content (AvgIpc) is 3.09. The molecule has 2 heterocycles. The van der Waals surface area contributed by atoms with E-state index >= 15 is 0 Å². The van der Waals surface area contributed by atoms with Gasteiger partial charge in [-0.2, -0.15) is 5.10 Å². The molecular weight excluding hydrogens is 250 g/mol. The highest BCUT2D eigenvalue weighted by molar-refractivity contribution is 5.70. The quantitative estimate of drug-likeness (QED) is 0.674. The molecule has 1 N–H and O–H groups in total. The number of hydrogen-bond donors (Lipinski definition) is 1. The Morgan fingerprint density at radius 3 is 3.10 bits per heavy atom. The molecule has 2 aromatic heterocycles. The van der Waals surface area contributed by atoms with Gasteiger partial charge < -0.3 is 9.55 Å². The third kappa shape index (κ3) is 2.28. The number of aromatic nitrogens is 3. The Morgan fingerprint density at radius 2 is 2.30 bits per heavy atom. The molecule has 2 atom stereocenters. The molecule has 106 valence electrons. The molecule has 0 radical (unpaired) electrons. The standard InChI is InChI=1S/C15H21N5/c1-3-11-5-4-6-12(11)10-20-13-7-8-17-15(13)18-9-14(20)19-16-2/h7-9,11-12,17H,2-6,10H2,1H3/b19-14-. The van der Waals surface area contributed by atoms with Gasteiger partial charge in [-0.3, -0.25) is 0 Å². The van der Waals surface area contributed by atoms with Gasteiger partial charge in [-0.15, -0.1) is 5.10 Å². The second-order valence-corrected chi connectivity index (χ2v) is 5.54. The third-order valence-electron chi connectivity index (χ3n) is 4.51. The Hall–Kier alpha value is -1.91. The van der Waals surface area contributed by atoms with Crippen molar-refractivity contribution in [2.45, 2.75) is 39.2 Å². The maximum Gasteiger partial charge on any atom is 0.174 e. The first-order valence-corrected chi connectivity index (χ1v) is 7.36. The van der Waals surface area contributed by atoms with Crippen molar-refractivity contribution in [2.75, 3.05) is 0 Å². The van der Waals surface area contributed by atoms with Gasteiger partial charge in [0, 0.05) is 19.5 Å². The van der Waals surface area contributed by atoms with Crippen molar-refractivity contribution < 1.29 is 0 Å². The molecule has 0 aliphatic heterocycles. The summed E-state index contributed by atoms with van der Waals surface area (Å²) in [5, 5.41) is 7.81. The number of H-pyrrole nitrogens is 1. The van der Waals surface area contributed by atoms with E-state index in [9.17, 15) is 0 Å². The minimum absolute atomic E-state index is 0.726. The van der Waals surface area contributed by atoms with Crippen molar-refractivity contribution in [2.24, 2.45) is 22.0 Å². The first kappa shape index (κ1) is 13.1. The maximum atomic E-state index is 4.38. The van der Waals surface area contributed by atoms with Crippen LogP contribution in [0.2, 0.25) is 0 Å². The van der Waals surface area contributed by atoms with Gasteiger partial charge in [0.25, 0.3) is 0 Å². The lowest BCUT2D eigenvalue weighted by Gasteiger charge is -2.20. The van der Waals surface area contributed by atoms with Gasteiger partial charge in [0.15, 0.2) is 11.1 Å². The van der Waals surface area contributed by atoms with Crippen LogP contribution in [0.25, 0.3) is 11.2 Å². The molecule has 5 heteroatoms. The van der Waals surface area contributed by atoms with Gasteiger partial charge in [0.2, 0.25) is 0 Å². The maximum absolute atomic E-state index is 4.38. The molecule has 0 amide bonds. The van der Waals surface area contributed by atoms with E-state index in [1.165, 1.54) is 25.7 Å². The zero-order valence-electron chi connectivity index (χ0n) is 11.9. The van der Waals surface area contributed by atoms with Crippen LogP contribution < -0.4 is 5.49 Å². The number of nitrogens with one attached hydrogen (secondary N) is 1. The summed E-state index contributed by atoms with van der Waals surface area (Å²) in [7, 11) is 0. The molecule has 1 aliphatic carbocycles. The first-order chi connectivity index (χ1) is 9.83. The summed E-state index contributed by atoms with van der Waals surface area (Å²) in [4.78, 5) is 7.54. The Balaban J connectivity index is 2.04. The number of fused-ring (bicyclic) bond motifs is 1. The molecular formula is C15H21N5. The molecule has 3 rings (SSSR count). The van der Waals surface area contributed by atoms with Gasteiger partial charge in [-0.05, 0) is 24.3 Å². The van der Waals surface area contributed by atoms with Crippen molar-refractivity contribution in [3.8, 4) is 0 Å². The van der Waals surface area contributed by atoms with Crippen LogP contribution in [0.3, 0.4) is 0 Å². The molecule has 1 saturated carbocycles. The van der Waals surface area contributed by atoms with Crippen LogP contribution in [0.1, 0.15) is 32.6 Å². The summed E-state index contributed by atoms with van der Waals surface area (Å²) < 4.78 is 2.23. The number of hydrogen-bond acceptors (Lipinski definition) is 3. The average molecular weight is 271 g/mol. The Labute approximate surface area is 118 Å². The largest absolute Gasteiger partial charge is 0.345 e. The summed E-state index contributed by atoms with van der Waals surface area (Å²) >= 11 is 0. The molecule has 2 unspecified atom stereocenters. The minimum atomic E-state index is 0.726. The molecule has 0 saturated heterocycles. The van der Waals surface area contributed by atoms with Crippen LogP contribution >= 0.6 is 0 Å². The van der Waals surface area contributed by atoms with E-state index in [-0.39, 0.29) is 0 Å². The van der Waals surface area contributed by atoms with Crippen molar-refractivity contribution >= 4 is 17.9 Å². The molecule has 0 aromatic carbocycles. The SMILES string of the molecule is C=N/N=c1/cnc2[nH]ccc2n1CC1CCCC1CC. The summed E-state index contributed by atoms with van der Waals surface area (Å²) in [6.45, 7) is 6.75. The van der Waals surface area contributed by atoms with Crippen molar-refractivity contribution in [1.29, 1.82) is 0 Å². The predicted molar refractivity (Wildman–Crippen MR) is 80.3 cm³/mol. The highest BCUT2D eigenvalue weighted by atomic mass is 15.2. The number of rotatable bonds is 4. The molecule has 1 aliphatic rings. The van der Waals surface area contributed by atoms with Gasteiger partial charge in [0.1, 0.15) is 0 Å². The van der Waals surface area contributed by atoms with Crippen molar-refractivity contribution in [3.63, 3.8) is 0 Å². The molecule has 20 heavy (non-hydrogen) atoms. The van der Waals surface area contributed by atoms with Crippen LogP contribution in [0, 0.1) is 11.8 Å². The van der Waals surface area contributed by atoms with E-state index in [1.54, 1.807) is 6.20 Å². The number of nitrogens with zero attached hydrogens (tertiary/aromatic N) is 4. The smallest absolute Gasteiger partial charge is 0.174 e. The fraction of sp³-hybridized carbons (Fsp3) is 0.533. The Morgan fingerprint density at radius 1 is 1.45 bits per heavy atom. The van der Waals surface area contributed by atoms with Crippen LogP contribution in [-0.4, -0.2) is 21.3 Å². The van der Waals surface area contributed by atoms with E-state index in [2.05, 4.69) is 44.4 Å². The molecule has 5 nitrogen and oxygen atoms in total. The summed E-state index contributed by atoms with van der Waals surface area (Å²) in [5.41, 5.74) is 2.78. The van der Waals surface area contributed by atoms with E-state index in [0.717, 1.165) is 35.0 Å². The van der Waals surface area contributed by atoms with E-state index < -0.39 is 0 Å². The molecule has 0 spiro atoms. The van der Waals surface area contributed by atoms with Gasteiger partial charge in [0.05, 0.1) is 11.7 Å². The monoisotopic (exact) mass is 271 g/mol. The molecule has 1 fully saturated rings. The summed E-state index contributed by atoms with van der Waals surface area (Å²) in [5.74, 6) is 1.55. The van der Waals surface area contributed by atoms with E-state index in [0.29, 0.717) is 0 Å². The first-order valence-electron chi connectivity index (χ1n) is 7.36. The number of aromatic amines is 1. The molecule has 2 aromatic rings. The van der Waals surface area contributed by atoms with E-state index in [1.807, 2.05) is 6.20 Å². The topological polar surface area (TPSA) is 58.3 Å². The van der Waals surface area contributed by atoms with Gasteiger partial charge >= 0.3 is 0 Å². The second-order valence-electron chi connectivity index (χ2n) is 5.54. The van der Waals surface area contributed by atoms with Crippen LogP contribution in [0.5, 0.6) is 0 Å². The summed E-state index contributed by atoms with van der Waals surface area (Å²) in [6.07, 6.45) is 8.96. The normalized spacial score (nSPS) is 23.6. The zero-order chi connectivity index (χ0) is 13.9. The molecule has 0 bridgehead atoms. The zero-order valence-corrected chi connectivity index (χ0v) is 11.9. The van der Waals surface area contributed by atoms with Crippen LogP contribution in [0.15, 0.2) is 28.7 Å². The lowest BCUT2D eigenvalue weighted by atomic mass is 9.93. The Bertz CT molecular complexity index is 666. The lowest BCUT2D eigenvalue weighted by molar-refractivity contribution is 0.331. The second kappa shape index (κ2) is 5.61. The fourth-order valence-corrected chi connectivity index (χ4v) is 3.46. The summed E-state index contributed by atoms with van der Waals surface area (Å²) in [6, 6.07) is 2.06. The van der Waals surface area contributed by atoms with Gasteiger partial charge in [-0.1, -0.05) is 26.2 Å². The Kier molecular flexibility index (Phi) is 3.67. The highest BCUT2D eigenvalue weighted by Gasteiger charge is 2.26. The lowest BCUT2D eigenvalue weighted by Crippen LogP contribution is -2.26.